The fourth-order valence-electron chi connectivity index (χ4n) is 5.81. The van der Waals surface area contributed by atoms with Crippen molar-refractivity contribution in [1.82, 2.24) is 15.1 Å². The van der Waals surface area contributed by atoms with Crippen LogP contribution in [-0.4, -0.2) is 57.9 Å². The number of piperidine rings is 1. The van der Waals surface area contributed by atoms with Crippen molar-refractivity contribution in [2.75, 3.05) is 18.4 Å². The zero-order valence-corrected chi connectivity index (χ0v) is 22.2. The third kappa shape index (κ3) is 5.44. The molecule has 2 aromatic carbocycles. The van der Waals surface area contributed by atoms with Gasteiger partial charge in [-0.2, -0.15) is 0 Å². The Morgan fingerprint density at radius 2 is 1.87 bits per heavy atom. The fourth-order valence-corrected chi connectivity index (χ4v) is 5.81. The normalized spacial score (nSPS) is 24.9. The topological polar surface area (TPSA) is 91.0 Å². The highest BCUT2D eigenvalue weighted by molar-refractivity contribution is 6.06. The summed E-state index contributed by atoms with van der Waals surface area (Å²) in [4.78, 5) is 40.6. The van der Waals surface area contributed by atoms with Gasteiger partial charge in [-0.15, -0.1) is 0 Å². The van der Waals surface area contributed by atoms with Crippen LogP contribution in [0.2, 0.25) is 0 Å². The van der Waals surface area contributed by atoms with E-state index in [1.54, 1.807) is 24.3 Å². The van der Waals surface area contributed by atoms with Gasteiger partial charge < -0.3 is 15.0 Å². The quantitative estimate of drug-likeness (QED) is 0.562. The number of halogens is 1. The van der Waals surface area contributed by atoms with Crippen molar-refractivity contribution in [2.45, 2.75) is 77.4 Å². The van der Waals surface area contributed by atoms with Crippen molar-refractivity contribution >= 4 is 23.4 Å². The molecule has 3 aliphatic rings. The highest BCUT2D eigenvalue weighted by Gasteiger charge is 2.40. The van der Waals surface area contributed by atoms with Crippen molar-refractivity contribution in [3.63, 3.8) is 0 Å². The summed E-state index contributed by atoms with van der Waals surface area (Å²) in [6, 6.07) is 8.67. The van der Waals surface area contributed by atoms with Gasteiger partial charge in [0.2, 0.25) is 11.8 Å². The van der Waals surface area contributed by atoms with E-state index in [1.165, 1.54) is 12.1 Å². The minimum Gasteiger partial charge on any atom is -0.381 e. The molecule has 5 rings (SSSR count). The Morgan fingerprint density at radius 3 is 2.58 bits per heavy atom. The molecule has 38 heavy (non-hydrogen) atoms. The van der Waals surface area contributed by atoms with Gasteiger partial charge in [0, 0.05) is 61.5 Å². The number of fused-ring (bicyclic) bond motifs is 1. The molecule has 9 heteroatoms. The summed E-state index contributed by atoms with van der Waals surface area (Å²) in [6.45, 7) is 8.10. The van der Waals surface area contributed by atoms with Gasteiger partial charge >= 0.3 is 0 Å². The maximum atomic E-state index is 14.9. The zero-order chi connectivity index (χ0) is 29.0. The summed E-state index contributed by atoms with van der Waals surface area (Å²) < 4.78 is 38.7. The van der Waals surface area contributed by atoms with Gasteiger partial charge in [0.1, 0.15) is 11.9 Å². The second-order valence-corrected chi connectivity index (χ2v) is 11.5. The maximum Gasteiger partial charge on any atom is 0.255 e. The first kappa shape index (κ1) is 23.8. The first-order chi connectivity index (χ1) is 18.7. The molecule has 0 aromatic heterocycles. The second-order valence-electron chi connectivity index (χ2n) is 11.5. The van der Waals surface area contributed by atoms with Crippen LogP contribution in [0.15, 0.2) is 36.4 Å². The smallest absolute Gasteiger partial charge is 0.255 e. The SMILES string of the molecule is [2H]C1([2H])c2c(NCc3cc(CN4CC(C)(C)OC(C)(C)C4)ccc3F)cccc2C(=O)N1C1CCC(=O)NC1=O. The summed E-state index contributed by atoms with van der Waals surface area (Å²) >= 11 is 0. The summed E-state index contributed by atoms with van der Waals surface area (Å²) in [5.41, 5.74) is 1.31. The molecule has 0 bridgehead atoms. The summed E-state index contributed by atoms with van der Waals surface area (Å²) in [5.74, 6) is -2.15. The Bertz CT molecular complexity index is 1360. The number of anilines is 1. The van der Waals surface area contributed by atoms with Gasteiger partial charge in [-0.3, -0.25) is 24.6 Å². The van der Waals surface area contributed by atoms with Crippen LogP contribution >= 0.6 is 0 Å². The lowest BCUT2D eigenvalue weighted by atomic mass is 9.98. The van der Waals surface area contributed by atoms with Crippen LogP contribution < -0.4 is 10.6 Å². The number of rotatable bonds is 6. The van der Waals surface area contributed by atoms with E-state index in [2.05, 4.69) is 43.2 Å². The van der Waals surface area contributed by atoms with Crippen LogP contribution in [0.1, 0.15) is 70.3 Å². The van der Waals surface area contributed by atoms with Gasteiger partial charge in [-0.25, -0.2) is 4.39 Å². The predicted molar refractivity (Wildman–Crippen MR) is 141 cm³/mol. The van der Waals surface area contributed by atoms with Crippen LogP contribution in [0.3, 0.4) is 0 Å². The van der Waals surface area contributed by atoms with Crippen LogP contribution in [0.5, 0.6) is 0 Å². The minimum atomic E-state index is -2.31. The molecule has 2 saturated heterocycles. The molecule has 1 atom stereocenters. The van der Waals surface area contributed by atoms with Crippen LogP contribution in [0, 0.1) is 5.82 Å². The van der Waals surface area contributed by atoms with Gasteiger partial charge in [0.25, 0.3) is 5.91 Å². The Hall–Kier alpha value is -3.30. The molecule has 2 fully saturated rings. The molecule has 202 valence electrons. The lowest BCUT2D eigenvalue weighted by Gasteiger charge is -2.47. The number of carbonyl (C=O) groups is 3. The third-order valence-electron chi connectivity index (χ3n) is 7.01. The zero-order valence-electron chi connectivity index (χ0n) is 24.2. The number of imide groups is 1. The number of nitrogens with one attached hydrogen (secondary N) is 2. The highest BCUT2D eigenvalue weighted by Crippen LogP contribution is 2.33. The maximum absolute atomic E-state index is 14.9. The van der Waals surface area contributed by atoms with E-state index in [9.17, 15) is 18.8 Å². The van der Waals surface area contributed by atoms with E-state index >= 15 is 0 Å². The number of hydrogen-bond donors (Lipinski definition) is 2. The largest absolute Gasteiger partial charge is 0.381 e. The molecule has 1 unspecified atom stereocenters. The Balaban J connectivity index is 1.35. The predicted octanol–water partition coefficient (Wildman–Crippen LogP) is 3.59. The van der Waals surface area contributed by atoms with Gasteiger partial charge in [-0.1, -0.05) is 12.1 Å². The van der Waals surface area contributed by atoms with E-state index in [1.807, 2.05) is 0 Å². The molecule has 3 amide bonds. The van der Waals surface area contributed by atoms with Crippen LogP contribution in [-0.2, 0) is 33.9 Å². The molecule has 2 aromatic rings. The first-order valence-electron chi connectivity index (χ1n) is 13.9. The molecular weight excluding hydrogens is 487 g/mol. The Kier molecular flexibility index (Phi) is 6.12. The van der Waals surface area contributed by atoms with Gasteiger partial charge in [0.05, 0.1) is 13.9 Å². The molecule has 3 heterocycles. The molecule has 2 N–H and O–H groups in total. The molecule has 0 spiro atoms. The summed E-state index contributed by atoms with van der Waals surface area (Å²) in [6.07, 6.45) is 0.0644. The average molecular weight is 525 g/mol. The molecule has 0 radical (unpaired) electrons. The van der Waals surface area contributed by atoms with Crippen molar-refractivity contribution in [2.24, 2.45) is 0 Å². The average Bonchev–Trinajstić information content (AvgIpc) is 3.03. The molecule has 0 aliphatic carbocycles. The van der Waals surface area contributed by atoms with Crippen molar-refractivity contribution in [1.29, 1.82) is 0 Å². The number of amides is 3. The number of carbonyl (C=O) groups excluding carboxylic acids is 3. The van der Waals surface area contributed by atoms with E-state index < -0.39 is 36.1 Å². The molecule has 8 nitrogen and oxygen atoms in total. The van der Waals surface area contributed by atoms with Gasteiger partial charge in [-0.05, 0) is 63.9 Å². The van der Waals surface area contributed by atoms with E-state index in [4.69, 9.17) is 7.48 Å². The number of benzene rings is 2. The Morgan fingerprint density at radius 1 is 1.13 bits per heavy atom. The lowest BCUT2D eigenvalue weighted by Crippen LogP contribution is -2.56. The van der Waals surface area contributed by atoms with Crippen LogP contribution in [0.25, 0.3) is 0 Å². The van der Waals surface area contributed by atoms with Crippen molar-refractivity contribution in [3.8, 4) is 0 Å². The van der Waals surface area contributed by atoms with Crippen molar-refractivity contribution < 1.29 is 26.3 Å². The summed E-state index contributed by atoms with van der Waals surface area (Å²) in [7, 11) is 0. The number of ether oxygens (including phenoxy) is 1. The third-order valence-corrected chi connectivity index (χ3v) is 7.01. The lowest BCUT2D eigenvalue weighted by molar-refractivity contribution is -0.182. The molecular formula is C29H35FN4O4. The number of hydrogen-bond acceptors (Lipinski definition) is 6. The van der Waals surface area contributed by atoms with Gasteiger partial charge in [0.15, 0.2) is 0 Å². The van der Waals surface area contributed by atoms with Crippen molar-refractivity contribution in [3.05, 3.63) is 64.5 Å². The molecule has 3 aliphatic heterocycles. The fraction of sp³-hybridized carbons (Fsp3) is 0.483. The van der Waals surface area contributed by atoms with E-state index in [-0.39, 0.29) is 41.7 Å². The van der Waals surface area contributed by atoms with Crippen LogP contribution in [0.4, 0.5) is 10.1 Å². The standard InChI is InChI=1S/C29H35FN4O4/c1-28(2)16-33(17-29(3,4)38-28)14-18-8-9-22(30)19(12-18)13-31-23-7-5-6-20-21(23)15-34(27(20)37)24-10-11-25(35)32-26(24)36/h5-9,12,24,31H,10-11,13-17H2,1-4H3,(H,32,35,36)/i15D2. The second kappa shape index (κ2) is 9.78. The monoisotopic (exact) mass is 524 g/mol. The number of morpholine rings is 1. The van der Waals surface area contributed by atoms with E-state index in [0.717, 1.165) is 23.6 Å². The Labute approximate surface area is 225 Å². The first-order valence-corrected chi connectivity index (χ1v) is 12.9. The molecule has 0 saturated carbocycles. The highest BCUT2D eigenvalue weighted by atomic mass is 19.1. The minimum absolute atomic E-state index is 0.0206. The number of nitrogens with zero attached hydrogens (tertiary/aromatic N) is 2. The van der Waals surface area contributed by atoms with E-state index in [0.29, 0.717) is 17.8 Å². The summed E-state index contributed by atoms with van der Waals surface area (Å²) in [5, 5.41) is 5.33.